The predicted octanol–water partition coefficient (Wildman–Crippen LogP) is 2.26. The highest BCUT2D eigenvalue weighted by molar-refractivity contribution is 5.82. The van der Waals surface area contributed by atoms with Crippen molar-refractivity contribution in [3.63, 3.8) is 0 Å². The number of non-ortho nitro benzene ring substituents is 1. The van der Waals surface area contributed by atoms with Crippen molar-refractivity contribution in [3.8, 4) is 0 Å². The molecule has 0 aliphatic heterocycles. The Morgan fingerprint density at radius 1 is 1.42 bits per heavy atom. The molecule has 1 aliphatic rings. The molecule has 0 spiro atoms. The van der Waals surface area contributed by atoms with Crippen LogP contribution in [0.15, 0.2) is 18.2 Å². The predicted molar refractivity (Wildman–Crippen MR) is 58.4 cm³/mol. The lowest BCUT2D eigenvalue weighted by Gasteiger charge is -2.15. The molecular formula is C11H9F3N2O3. The lowest BCUT2D eigenvalue weighted by Crippen LogP contribution is -2.38. The molecule has 1 atom stereocenters. The molecule has 1 amide bonds. The second-order valence-corrected chi connectivity index (χ2v) is 4.20. The van der Waals surface area contributed by atoms with Crippen LogP contribution in [0.25, 0.3) is 0 Å². The Balaban J connectivity index is 2.19. The van der Waals surface area contributed by atoms with Gasteiger partial charge >= 0.3 is 12.1 Å². The number of alkyl halides is 3. The summed E-state index contributed by atoms with van der Waals surface area (Å²) < 4.78 is 36.4. The first-order chi connectivity index (χ1) is 8.79. The summed E-state index contributed by atoms with van der Waals surface area (Å²) in [6, 6.07) is 3.19. The molecule has 102 valence electrons. The minimum atomic E-state index is -4.93. The van der Waals surface area contributed by atoms with Crippen molar-refractivity contribution in [1.82, 2.24) is 5.32 Å². The number of nitrogens with one attached hydrogen (secondary N) is 1. The number of nitro groups is 1. The fourth-order valence-corrected chi connectivity index (χ4v) is 2.11. The van der Waals surface area contributed by atoms with Crippen LogP contribution < -0.4 is 5.32 Å². The number of carbonyl (C=O) groups excluding carboxylic acids is 1. The van der Waals surface area contributed by atoms with E-state index in [4.69, 9.17) is 0 Å². The zero-order valence-corrected chi connectivity index (χ0v) is 9.53. The molecule has 1 N–H and O–H groups in total. The SMILES string of the molecule is O=C(N[C@H]1CCc2cc([N+](=O)[O-])ccc21)C(F)(F)F. The highest BCUT2D eigenvalue weighted by atomic mass is 19.4. The number of amides is 1. The number of hydrogen-bond donors (Lipinski definition) is 1. The Labute approximate surface area is 105 Å². The first-order valence-corrected chi connectivity index (χ1v) is 5.44. The second-order valence-electron chi connectivity index (χ2n) is 4.20. The quantitative estimate of drug-likeness (QED) is 0.664. The minimum Gasteiger partial charge on any atom is -0.341 e. The molecule has 19 heavy (non-hydrogen) atoms. The van der Waals surface area contributed by atoms with E-state index in [1.54, 1.807) is 0 Å². The topological polar surface area (TPSA) is 72.2 Å². The molecule has 8 heteroatoms. The largest absolute Gasteiger partial charge is 0.471 e. The standard InChI is InChI=1S/C11H9F3N2O3/c12-11(13,14)10(17)15-9-4-1-6-5-7(16(18)19)2-3-8(6)9/h2-3,5,9H,1,4H2,(H,15,17)/t9-/m0/s1. The Hall–Kier alpha value is -2.12. The number of nitro benzene ring substituents is 1. The highest BCUT2D eigenvalue weighted by Gasteiger charge is 2.40. The molecule has 0 heterocycles. The van der Waals surface area contributed by atoms with Crippen LogP contribution in [0.1, 0.15) is 23.6 Å². The van der Waals surface area contributed by atoms with E-state index in [9.17, 15) is 28.1 Å². The fourth-order valence-electron chi connectivity index (χ4n) is 2.11. The molecule has 0 saturated carbocycles. The normalized spacial score (nSPS) is 17.9. The monoisotopic (exact) mass is 274 g/mol. The molecule has 0 bridgehead atoms. The van der Waals surface area contributed by atoms with E-state index in [1.165, 1.54) is 18.2 Å². The van der Waals surface area contributed by atoms with E-state index in [0.717, 1.165) is 0 Å². The maximum absolute atomic E-state index is 12.1. The molecule has 0 fully saturated rings. The third kappa shape index (κ3) is 2.67. The Morgan fingerprint density at radius 3 is 2.68 bits per heavy atom. The van der Waals surface area contributed by atoms with Gasteiger partial charge in [0, 0.05) is 12.1 Å². The zero-order valence-electron chi connectivity index (χ0n) is 9.53. The summed E-state index contributed by atoms with van der Waals surface area (Å²) in [5, 5.41) is 12.5. The van der Waals surface area contributed by atoms with Gasteiger partial charge in [-0.3, -0.25) is 14.9 Å². The number of benzene rings is 1. The minimum absolute atomic E-state index is 0.110. The Kier molecular flexibility index (Phi) is 3.17. The molecule has 0 unspecified atom stereocenters. The Bertz CT molecular complexity index is 542. The van der Waals surface area contributed by atoms with Crippen molar-refractivity contribution in [2.45, 2.75) is 25.1 Å². The fraction of sp³-hybridized carbons (Fsp3) is 0.364. The van der Waals surface area contributed by atoms with Crippen molar-refractivity contribution < 1.29 is 22.9 Å². The number of hydrogen-bond acceptors (Lipinski definition) is 3. The van der Waals surface area contributed by atoms with Crippen LogP contribution in [0, 0.1) is 10.1 Å². The van der Waals surface area contributed by atoms with E-state index >= 15 is 0 Å². The van der Waals surface area contributed by atoms with Gasteiger partial charge in [0.2, 0.25) is 0 Å². The van der Waals surface area contributed by atoms with E-state index in [-0.39, 0.29) is 5.69 Å². The maximum atomic E-state index is 12.1. The van der Waals surface area contributed by atoms with Crippen molar-refractivity contribution in [2.24, 2.45) is 0 Å². The lowest BCUT2D eigenvalue weighted by molar-refractivity contribution is -0.384. The van der Waals surface area contributed by atoms with Crippen LogP contribution in [0.5, 0.6) is 0 Å². The number of carbonyl (C=O) groups is 1. The molecule has 0 aromatic heterocycles. The van der Waals surface area contributed by atoms with Gasteiger partial charge in [0.15, 0.2) is 0 Å². The number of rotatable bonds is 2. The summed E-state index contributed by atoms with van der Waals surface area (Å²) in [7, 11) is 0. The van der Waals surface area contributed by atoms with Crippen molar-refractivity contribution in [1.29, 1.82) is 0 Å². The van der Waals surface area contributed by atoms with E-state index < -0.39 is 23.0 Å². The average molecular weight is 274 g/mol. The zero-order chi connectivity index (χ0) is 14.2. The first kappa shape index (κ1) is 13.3. The van der Waals surface area contributed by atoms with E-state index in [2.05, 4.69) is 0 Å². The van der Waals surface area contributed by atoms with Crippen LogP contribution in [-0.2, 0) is 11.2 Å². The summed E-state index contributed by atoms with van der Waals surface area (Å²) in [4.78, 5) is 20.9. The Morgan fingerprint density at radius 2 is 2.11 bits per heavy atom. The van der Waals surface area contributed by atoms with Crippen LogP contribution in [-0.4, -0.2) is 17.0 Å². The van der Waals surface area contributed by atoms with Crippen molar-refractivity contribution in [3.05, 3.63) is 39.4 Å². The van der Waals surface area contributed by atoms with Crippen molar-refractivity contribution in [2.75, 3.05) is 0 Å². The summed E-state index contributed by atoms with van der Waals surface area (Å²) in [6.07, 6.45) is -4.22. The van der Waals surface area contributed by atoms with Gasteiger partial charge < -0.3 is 5.32 Å². The van der Waals surface area contributed by atoms with Gasteiger partial charge in [0.05, 0.1) is 11.0 Å². The van der Waals surface area contributed by atoms with Crippen LogP contribution >= 0.6 is 0 Å². The lowest BCUT2D eigenvalue weighted by atomic mass is 10.1. The molecule has 1 aromatic carbocycles. The molecule has 1 aliphatic carbocycles. The van der Waals surface area contributed by atoms with Gasteiger partial charge in [0.1, 0.15) is 0 Å². The van der Waals surface area contributed by atoms with Gasteiger partial charge in [-0.25, -0.2) is 0 Å². The van der Waals surface area contributed by atoms with Gasteiger partial charge in [-0.2, -0.15) is 13.2 Å². The number of halogens is 3. The average Bonchev–Trinajstić information content (AvgIpc) is 2.70. The number of nitrogens with zero attached hydrogens (tertiary/aromatic N) is 1. The van der Waals surface area contributed by atoms with Gasteiger partial charge in [-0.15, -0.1) is 0 Å². The second kappa shape index (κ2) is 4.52. The molecule has 0 radical (unpaired) electrons. The first-order valence-electron chi connectivity index (χ1n) is 5.44. The van der Waals surface area contributed by atoms with E-state index in [1.807, 2.05) is 5.32 Å². The van der Waals surface area contributed by atoms with Crippen LogP contribution in [0.2, 0.25) is 0 Å². The molecule has 2 rings (SSSR count). The van der Waals surface area contributed by atoms with Crippen molar-refractivity contribution >= 4 is 11.6 Å². The van der Waals surface area contributed by atoms with Crippen LogP contribution in [0.4, 0.5) is 18.9 Å². The summed E-state index contributed by atoms with van der Waals surface area (Å²) >= 11 is 0. The number of aryl methyl sites for hydroxylation is 1. The van der Waals surface area contributed by atoms with Gasteiger partial charge in [-0.1, -0.05) is 0 Å². The smallest absolute Gasteiger partial charge is 0.341 e. The summed E-state index contributed by atoms with van der Waals surface area (Å²) in [5.74, 6) is -2.00. The van der Waals surface area contributed by atoms with Gasteiger partial charge in [-0.05, 0) is 30.0 Å². The molecule has 5 nitrogen and oxygen atoms in total. The van der Waals surface area contributed by atoms with Gasteiger partial charge in [0.25, 0.3) is 5.69 Å². The number of fused-ring (bicyclic) bond motifs is 1. The summed E-state index contributed by atoms with van der Waals surface area (Å²) in [6.45, 7) is 0. The summed E-state index contributed by atoms with van der Waals surface area (Å²) in [5.41, 5.74) is 0.992. The third-order valence-electron chi connectivity index (χ3n) is 2.98. The van der Waals surface area contributed by atoms with E-state index in [0.29, 0.717) is 24.0 Å². The molecule has 1 aromatic rings. The maximum Gasteiger partial charge on any atom is 0.471 e. The molecular weight excluding hydrogens is 265 g/mol. The van der Waals surface area contributed by atoms with Crippen LogP contribution in [0.3, 0.4) is 0 Å². The molecule has 0 saturated heterocycles. The highest BCUT2D eigenvalue weighted by Crippen LogP contribution is 2.34. The third-order valence-corrected chi connectivity index (χ3v) is 2.98.